The van der Waals surface area contributed by atoms with Crippen LogP contribution in [0, 0.1) is 13.8 Å². The summed E-state index contributed by atoms with van der Waals surface area (Å²) >= 11 is 1.47. The first-order valence-electron chi connectivity index (χ1n) is 7.19. The number of imidazole rings is 1. The Hall–Kier alpha value is -2.21. The summed E-state index contributed by atoms with van der Waals surface area (Å²) in [6.45, 7) is 8.15. The van der Waals surface area contributed by atoms with Gasteiger partial charge in [0.05, 0.1) is 6.20 Å². The second-order valence-electron chi connectivity index (χ2n) is 5.62. The van der Waals surface area contributed by atoms with Gasteiger partial charge in [0.25, 0.3) is 5.91 Å². The highest BCUT2D eigenvalue weighted by Crippen LogP contribution is 2.28. The highest BCUT2D eigenvalue weighted by molar-refractivity contribution is 7.16. The summed E-state index contributed by atoms with van der Waals surface area (Å²) < 4.78 is 1.65. The van der Waals surface area contributed by atoms with Gasteiger partial charge in [0.1, 0.15) is 10.7 Å². The normalized spacial score (nSPS) is 11.3. The van der Waals surface area contributed by atoms with Crippen molar-refractivity contribution in [1.29, 1.82) is 0 Å². The Morgan fingerprint density at radius 1 is 1.32 bits per heavy atom. The van der Waals surface area contributed by atoms with Crippen LogP contribution in [0.2, 0.25) is 0 Å². The minimum atomic E-state index is -0.202. The average molecular weight is 314 g/mol. The Bertz CT molecular complexity index is 816. The number of amides is 1. The SMILES string of the molecule is Cc1nn2cc(C(=O)Nc3c(C)cccc3C(C)C)nc2s1. The summed E-state index contributed by atoms with van der Waals surface area (Å²) in [5, 5.41) is 8.21. The maximum absolute atomic E-state index is 12.5. The highest BCUT2D eigenvalue weighted by Gasteiger charge is 2.16. The Balaban J connectivity index is 1.92. The molecule has 1 N–H and O–H groups in total. The molecule has 0 saturated heterocycles. The van der Waals surface area contributed by atoms with Crippen LogP contribution in [0.1, 0.15) is 46.4 Å². The summed E-state index contributed by atoms with van der Waals surface area (Å²) in [4.78, 5) is 17.6. The molecule has 1 aromatic carbocycles. The number of anilines is 1. The first-order valence-corrected chi connectivity index (χ1v) is 8.01. The van der Waals surface area contributed by atoms with Crippen molar-refractivity contribution in [3.63, 3.8) is 0 Å². The van der Waals surface area contributed by atoms with Crippen LogP contribution in [-0.4, -0.2) is 20.5 Å². The van der Waals surface area contributed by atoms with Crippen LogP contribution in [0.3, 0.4) is 0 Å². The van der Waals surface area contributed by atoms with Gasteiger partial charge in [-0.15, -0.1) is 0 Å². The minimum absolute atomic E-state index is 0.202. The number of rotatable bonds is 3. The predicted molar refractivity (Wildman–Crippen MR) is 88.8 cm³/mol. The molecule has 0 unspecified atom stereocenters. The van der Waals surface area contributed by atoms with Gasteiger partial charge in [0, 0.05) is 5.69 Å². The second kappa shape index (κ2) is 5.53. The molecule has 0 saturated carbocycles. The monoisotopic (exact) mass is 314 g/mol. The molecule has 5 nitrogen and oxygen atoms in total. The van der Waals surface area contributed by atoms with E-state index in [4.69, 9.17) is 0 Å². The molecule has 0 radical (unpaired) electrons. The van der Waals surface area contributed by atoms with E-state index in [0.717, 1.165) is 26.8 Å². The summed E-state index contributed by atoms with van der Waals surface area (Å²) in [6, 6.07) is 6.06. The lowest BCUT2D eigenvalue weighted by Crippen LogP contribution is -2.15. The molecule has 114 valence electrons. The van der Waals surface area contributed by atoms with E-state index in [1.54, 1.807) is 10.7 Å². The van der Waals surface area contributed by atoms with Gasteiger partial charge < -0.3 is 5.32 Å². The zero-order valence-corrected chi connectivity index (χ0v) is 13.9. The molecule has 3 rings (SSSR count). The third kappa shape index (κ3) is 2.62. The summed E-state index contributed by atoms with van der Waals surface area (Å²) in [6.07, 6.45) is 1.67. The largest absolute Gasteiger partial charge is 0.320 e. The van der Waals surface area contributed by atoms with Crippen molar-refractivity contribution in [3.05, 3.63) is 46.2 Å². The van der Waals surface area contributed by atoms with Crippen molar-refractivity contribution in [2.45, 2.75) is 33.6 Å². The van der Waals surface area contributed by atoms with Gasteiger partial charge >= 0.3 is 0 Å². The second-order valence-corrected chi connectivity index (χ2v) is 6.78. The topological polar surface area (TPSA) is 59.3 Å². The van der Waals surface area contributed by atoms with E-state index in [-0.39, 0.29) is 5.91 Å². The van der Waals surface area contributed by atoms with E-state index in [1.807, 2.05) is 32.0 Å². The highest BCUT2D eigenvalue weighted by atomic mass is 32.1. The third-order valence-corrected chi connectivity index (χ3v) is 4.38. The van der Waals surface area contributed by atoms with Gasteiger partial charge in [-0.3, -0.25) is 4.79 Å². The first kappa shape index (κ1) is 14.7. The van der Waals surface area contributed by atoms with Gasteiger partial charge in [-0.25, -0.2) is 9.50 Å². The zero-order chi connectivity index (χ0) is 15.9. The van der Waals surface area contributed by atoms with Crippen LogP contribution >= 0.6 is 11.3 Å². The fourth-order valence-electron chi connectivity index (χ4n) is 2.43. The van der Waals surface area contributed by atoms with Gasteiger partial charge in [-0.05, 0) is 30.9 Å². The van der Waals surface area contributed by atoms with Gasteiger partial charge in [0.15, 0.2) is 0 Å². The van der Waals surface area contributed by atoms with Crippen molar-refractivity contribution in [2.75, 3.05) is 5.32 Å². The Labute approximate surface area is 133 Å². The molecule has 22 heavy (non-hydrogen) atoms. The van der Waals surface area contributed by atoms with Crippen molar-refractivity contribution < 1.29 is 4.79 Å². The van der Waals surface area contributed by atoms with E-state index in [1.165, 1.54) is 11.3 Å². The van der Waals surface area contributed by atoms with Crippen LogP contribution in [0.15, 0.2) is 24.4 Å². The van der Waals surface area contributed by atoms with Gasteiger partial charge in [0.2, 0.25) is 4.96 Å². The molecule has 0 atom stereocenters. The lowest BCUT2D eigenvalue weighted by Gasteiger charge is -2.15. The van der Waals surface area contributed by atoms with E-state index in [0.29, 0.717) is 11.6 Å². The number of fused-ring (bicyclic) bond motifs is 1. The molecule has 0 aliphatic rings. The zero-order valence-electron chi connectivity index (χ0n) is 13.0. The number of benzene rings is 1. The molecule has 0 aliphatic carbocycles. The van der Waals surface area contributed by atoms with Crippen molar-refractivity contribution in [2.24, 2.45) is 0 Å². The molecule has 1 amide bonds. The van der Waals surface area contributed by atoms with Crippen LogP contribution in [-0.2, 0) is 0 Å². The molecular weight excluding hydrogens is 296 g/mol. The lowest BCUT2D eigenvalue weighted by molar-refractivity contribution is 0.102. The molecule has 6 heteroatoms. The smallest absolute Gasteiger partial charge is 0.276 e. The average Bonchev–Trinajstić information content (AvgIpc) is 2.97. The van der Waals surface area contributed by atoms with E-state index >= 15 is 0 Å². The Kier molecular flexibility index (Phi) is 3.70. The van der Waals surface area contributed by atoms with Crippen LogP contribution in [0.5, 0.6) is 0 Å². The molecule has 3 aromatic rings. The van der Waals surface area contributed by atoms with Crippen molar-refractivity contribution >= 4 is 27.9 Å². The summed E-state index contributed by atoms with van der Waals surface area (Å²) in [7, 11) is 0. The number of hydrogen-bond donors (Lipinski definition) is 1. The van der Waals surface area contributed by atoms with Crippen LogP contribution in [0.25, 0.3) is 4.96 Å². The Morgan fingerprint density at radius 3 is 2.77 bits per heavy atom. The van der Waals surface area contributed by atoms with Gasteiger partial charge in [-0.2, -0.15) is 5.10 Å². The van der Waals surface area contributed by atoms with Crippen molar-refractivity contribution in [3.8, 4) is 0 Å². The maximum Gasteiger partial charge on any atom is 0.276 e. The molecule has 2 aromatic heterocycles. The molecule has 0 fully saturated rings. The number of nitrogens with one attached hydrogen (secondary N) is 1. The summed E-state index contributed by atoms with van der Waals surface area (Å²) in [5.74, 6) is 0.136. The predicted octanol–water partition coefficient (Wildman–Crippen LogP) is 3.78. The minimum Gasteiger partial charge on any atom is -0.320 e. The fourth-order valence-corrected chi connectivity index (χ4v) is 3.15. The lowest BCUT2D eigenvalue weighted by atomic mass is 9.98. The first-order chi connectivity index (χ1) is 10.5. The standard InChI is InChI=1S/C16H18N4OS/c1-9(2)12-7-5-6-10(3)14(12)18-15(21)13-8-20-16(17-13)22-11(4)19-20/h5-9H,1-4H3,(H,18,21). The quantitative estimate of drug-likeness (QED) is 0.800. The maximum atomic E-state index is 12.5. The van der Waals surface area contributed by atoms with E-state index in [2.05, 4.69) is 29.2 Å². The molecule has 0 bridgehead atoms. The number of aryl methyl sites for hydroxylation is 2. The van der Waals surface area contributed by atoms with Crippen LogP contribution < -0.4 is 5.32 Å². The van der Waals surface area contributed by atoms with E-state index in [9.17, 15) is 4.79 Å². The van der Waals surface area contributed by atoms with Crippen molar-refractivity contribution in [1.82, 2.24) is 14.6 Å². The fraction of sp³-hybridized carbons (Fsp3) is 0.312. The Morgan fingerprint density at radius 2 is 2.09 bits per heavy atom. The molecule has 0 spiro atoms. The van der Waals surface area contributed by atoms with E-state index < -0.39 is 0 Å². The molecule has 2 heterocycles. The van der Waals surface area contributed by atoms with Gasteiger partial charge in [-0.1, -0.05) is 43.4 Å². The summed E-state index contributed by atoms with van der Waals surface area (Å²) in [5.41, 5.74) is 3.44. The number of para-hydroxylation sites is 1. The molecule has 0 aliphatic heterocycles. The third-order valence-electron chi connectivity index (χ3n) is 3.54. The number of carbonyl (C=O) groups excluding carboxylic acids is 1. The molecular formula is C16H18N4OS. The number of hydrogen-bond acceptors (Lipinski definition) is 4. The van der Waals surface area contributed by atoms with Crippen LogP contribution in [0.4, 0.5) is 5.69 Å². The number of aromatic nitrogens is 3. The number of nitrogens with zero attached hydrogens (tertiary/aromatic N) is 3. The number of carbonyl (C=O) groups is 1.